The Morgan fingerprint density at radius 2 is 1.40 bits per heavy atom. The Balaban J connectivity index is 2.33. The third-order valence-electron chi connectivity index (χ3n) is 2.45. The van der Waals surface area contributed by atoms with Crippen molar-refractivity contribution in [3.63, 3.8) is 0 Å². The van der Waals surface area contributed by atoms with E-state index in [-0.39, 0.29) is 20.6 Å². The summed E-state index contributed by atoms with van der Waals surface area (Å²) < 4.78 is 0. The molecule has 0 aliphatic heterocycles. The highest BCUT2D eigenvalue weighted by Crippen LogP contribution is 2.32. The van der Waals surface area contributed by atoms with E-state index in [0.717, 1.165) is 0 Å². The Kier molecular flexibility index (Phi) is 5.05. The zero-order valence-corrected chi connectivity index (χ0v) is 13.5. The van der Waals surface area contributed by atoms with E-state index in [1.807, 2.05) is 0 Å². The van der Waals surface area contributed by atoms with Crippen molar-refractivity contribution in [2.45, 2.75) is 0 Å². The first-order chi connectivity index (χ1) is 9.40. The van der Waals surface area contributed by atoms with E-state index in [9.17, 15) is 4.79 Å². The number of halogens is 5. The standard InChI is InChI=1S/C13H6Cl5NO/c14-7-2-1-6(5-10(7)17)19-13(20)11-8(15)3-4-9(16)12(11)18/h1-5H,(H,19,20). The van der Waals surface area contributed by atoms with Crippen molar-refractivity contribution in [2.24, 2.45) is 0 Å². The molecule has 2 nitrogen and oxygen atoms in total. The molecule has 0 aliphatic rings. The number of rotatable bonds is 2. The van der Waals surface area contributed by atoms with Gasteiger partial charge in [-0.25, -0.2) is 0 Å². The summed E-state index contributed by atoms with van der Waals surface area (Å²) >= 11 is 29.5. The Morgan fingerprint density at radius 1 is 0.800 bits per heavy atom. The van der Waals surface area contributed by atoms with Gasteiger partial charge in [0.25, 0.3) is 5.91 Å². The average molecular weight is 369 g/mol. The van der Waals surface area contributed by atoms with Crippen LogP contribution in [0.2, 0.25) is 25.1 Å². The minimum Gasteiger partial charge on any atom is -0.322 e. The van der Waals surface area contributed by atoms with Gasteiger partial charge in [-0.15, -0.1) is 0 Å². The van der Waals surface area contributed by atoms with Crippen LogP contribution in [0.4, 0.5) is 5.69 Å². The zero-order chi connectivity index (χ0) is 14.9. The predicted molar refractivity (Wildman–Crippen MR) is 85.9 cm³/mol. The second-order valence-electron chi connectivity index (χ2n) is 3.80. The molecule has 0 bridgehead atoms. The Hall–Kier alpha value is -0.640. The molecule has 2 rings (SSSR count). The molecule has 20 heavy (non-hydrogen) atoms. The maximum absolute atomic E-state index is 12.2. The molecular weight excluding hydrogens is 363 g/mol. The zero-order valence-electron chi connectivity index (χ0n) is 9.68. The highest BCUT2D eigenvalue weighted by atomic mass is 35.5. The van der Waals surface area contributed by atoms with Gasteiger partial charge in [-0.2, -0.15) is 0 Å². The molecule has 0 saturated heterocycles. The number of anilines is 1. The maximum Gasteiger partial charge on any atom is 0.258 e. The summed E-state index contributed by atoms with van der Waals surface area (Å²) in [6.45, 7) is 0. The summed E-state index contributed by atoms with van der Waals surface area (Å²) in [7, 11) is 0. The van der Waals surface area contributed by atoms with E-state index in [4.69, 9.17) is 58.0 Å². The van der Waals surface area contributed by atoms with Crippen molar-refractivity contribution in [2.75, 3.05) is 5.32 Å². The molecule has 7 heteroatoms. The van der Waals surface area contributed by atoms with Crippen LogP contribution in [-0.4, -0.2) is 5.91 Å². The molecule has 0 unspecified atom stereocenters. The number of nitrogens with one attached hydrogen (secondary N) is 1. The molecule has 0 heterocycles. The van der Waals surface area contributed by atoms with Gasteiger partial charge in [-0.3, -0.25) is 4.79 Å². The lowest BCUT2D eigenvalue weighted by molar-refractivity contribution is 0.102. The summed E-state index contributed by atoms with van der Waals surface area (Å²) in [5.74, 6) is -0.485. The summed E-state index contributed by atoms with van der Waals surface area (Å²) in [5.41, 5.74) is 0.573. The van der Waals surface area contributed by atoms with Crippen molar-refractivity contribution < 1.29 is 4.79 Å². The largest absolute Gasteiger partial charge is 0.322 e. The topological polar surface area (TPSA) is 29.1 Å². The van der Waals surface area contributed by atoms with Crippen molar-refractivity contribution in [3.05, 3.63) is 61.0 Å². The molecule has 0 saturated carbocycles. The second-order valence-corrected chi connectivity index (χ2v) is 5.81. The van der Waals surface area contributed by atoms with Crippen LogP contribution >= 0.6 is 58.0 Å². The number of amides is 1. The molecule has 0 fully saturated rings. The number of benzene rings is 2. The number of carbonyl (C=O) groups is 1. The van der Waals surface area contributed by atoms with E-state index in [0.29, 0.717) is 15.7 Å². The van der Waals surface area contributed by atoms with Gasteiger partial charge < -0.3 is 5.32 Å². The Morgan fingerprint density at radius 3 is 2.05 bits per heavy atom. The van der Waals surface area contributed by atoms with E-state index >= 15 is 0 Å². The molecule has 2 aromatic carbocycles. The van der Waals surface area contributed by atoms with Gasteiger partial charge in [-0.1, -0.05) is 58.0 Å². The summed E-state index contributed by atoms with van der Waals surface area (Å²) in [5, 5.41) is 3.89. The predicted octanol–water partition coefficient (Wildman–Crippen LogP) is 6.21. The van der Waals surface area contributed by atoms with Gasteiger partial charge in [0.2, 0.25) is 0 Å². The Labute approximate surface area is 140 Å². The number of hydrogen-bond donors (Lipinski definition) is 1. The van der Waals surface area contributed by atoms with Crippen LogP contribution in [-0.2, 0) is 0 Å². The fourth-order valence-electron chi connectivity index (χ4n) is 1.50. The molecule has 104 valence electrons. The number of hydrogen-bond acceptors (Lipinski definition) is 1. The van der Waals surface area contributed by atoms with Gasteiger partial charge in [0.15, 0.2) is 0 Å². The van der Waals surface area contributed by atoms with Crippen LogP contribution in [0.5, 0.6) is 0 Å². The first-order valence-electron chi connectivity index (χ1n) is 5.30. The van der Waals surface area contributed by atoms with Gasteiger partial charge >= 0.3 is 0 Å². The fraction of sp³-hybridized carbons (Fsp3) is 0. The quantitative estimate of drug-likeness (QED) is 0.627. The Bertz CT molecular complexity index is 687. The first-order valence-corrected chi connectivity index (χ1v) is 7.19. The van der Waals surface area contributed by atoms with E-state index in [1.54, 1.807) is 12.1 Å². The normalized spacial score (nSPS) is 10.4. The van der Waals surface area contributed by atoms with Crippen LogP contribution < -0.4 is 5.32 Å². The van der Waals surface area contributed by atoms with Crippen molar-refractivity contribution in [1.29, 1.82) is 0 Å². The van der Waals surface area contributed by atoms with Crippen molar-refractivity contribution in [3.8, 4) is 0 Å². The molecule has 1 amide bonds. The van der Waals surface area contributed by atoms with Gasteiger partial charge in [-0.05, 0) is 30.3 Å². The van der Waals surface area contributed by atoms with Crippen LogP contribution in [0.3, 0.4) is 0 Å². The minimum atomic E-state index is -0.485. The summed E-state index contributed by atoms with van der Waals surface area (Å²) in [6, 6.07) is 7.72. The lowest BCUT2D eigenvalue weighted by Gasteiger charge is -2.10. The molecule has 0 radical (unpaired) electrons. The maximum atomic E-state index is 12.2. The van der Waals surface area contributed by atoms with Crippen molar-refractivity contribution in [1.82, 2.24) is 0 Å². The molecule has 0 aromatic heterocycles. The van der Waals surface area contributed by atoms with Crippen LogP contribution in [0.15, 0.2) is 30.3 Å². The smallest absolute Gasteiger partial charge is 0.258 e. The fourth-order valence-corrected chi connectivity index (χ4v) is 2.50. The summed E-state index contributed by atoms with van der Waals surface area (Å²) in [6.07, 6.45) is 0. The minimum absolute atomic E-state index is 0.0942. The van der Waals surface area contributed by atoms with Gasteiger partial charge in [0, 0.05) is 5.69 Å². The molecule has 0 aliphatic carbocycles. The average Bonchev–Trinajstić information content (AvgIpc) is 2.39. The lowest BCUT2D eigenvalue weighted by atomic mass is 10.2. The molecule has 1 N–H and O–H groups in total. The molecule has 2 aromatic rings. The molecule has 0 spiro atoms. The highest BCUT2D eigenvalue weighted by Gasteiger charge is 2.17. The third-order valence-corrected chi connectivity index (χ3v) is 4.31. The SMILES string of the molecule is O=C(Nc1ccc(Cl)c(Cl)c1)c1c(Cl)ccc(Cl)c1Cl. The van der Waals surface area contributed by atoms with E-state index in [2.05, 4.69) is 5.32 Å². The van der Waals surface area contributed by atoms with E-state index < -0.39 is 5.91 Å². The van der Waals surface area contributed by atoms with Crippen LogP contribution in [0, 0.1) is 0 Å². The van der Waals surface area contributed by atoms with Gasteiger partial charge in [0.1, 0.15) is 0 Å². The van der Waals surface area contributed by atoms with Gasteiger partial charge in [0.05, 0.1) is 30.7 Å². The lowest BCUT2D eigenvalue weighted by Crippen LogP contribution is -2.13. The van der Waals surface area contributed by atoms with Crippen LogP contribution in [0.1, 0.15) is 10.4 Å². The van der Waals surface area contributed by atoms with Crippen molar-refractivity contribution >= 4 is 69.6 Å². The first kappa shape index (κ1) is 15.7. The van der Waals surface area contributed by atoms with Crippen LogP contribution in [0.25, 0.3) is 0 Å². The third kappa shape index (κ3) is 3.33. The summed E-state index contributed by atoms with van der Waals surface area (Å²) in [4.78, 5) is 12.2. The molecule has 0 atom stereocenters. The van der Waals surface area contributed by atoms with E-state index in [1.165, 1.54) is 18.2 Å². The highest BCUT2D eigenvalue weighted by molar-refractivity contribution is 6.46. The molecular formula is C13H6Cl5NO. The monoisotopic (exact) mass is 367 g/mol. The second kappa shape index (κ2) is 6.42. The number of carbonyl (C=O) groups excluding carboxylic acids is 1.